The maximum atomic E-state index is 11.5. The SMILES string of the molecule is CC(C)(C)OC(=O)NCCCNCc1cccc2c1NCCC2. The number of fused-ring (bicyclic) bond motifs is 1. The van der Waals surface area contributed by atoms with E-state index < -0.39 is 5.60 Å². The van der Waals surface area contributed by atoms with E-state index in [1.54, 1.807) is 0 Å². The lowest BCUT2D eigenvalue weighted by Gasteiger charge is -2.21. The van der Waals surface area contributed by atoms with Crippen LogP contribution in [0.5, 0.6) is 0 Å². The summed E-state index contributed by atoms with van der Waals surface area (Å²) in [6.45, 7) is 8.98. The topological polar surface area (TPSA) is 62.4 Å². The molecule has 23 heavy (non-hydrogen) atoms. The zero-order valence-corrected chi connectivity index (χ0v) is 14.5. The largest absolute Gasteiger partial charge is 0.444 e. The fourth-order valence-corrected chi connectivity index (χ4v) is 2.67. The van der Waals surface area contributed by atoms with Gasteiger partial charge in [-0.3, -0.25) is 0 Å². The van der Waals surface area contributed by atoms with Gasteiger partial charge in [0.15, 0.2) is 0 Å². The first kappa shape index (κ1) is 17.6. The van der Waals surface area contributed by atoms with Crippen molar-refractivity contribution >= 4 is 11.8 Å². The Morgan fingerprint density at radius 1 is 1.30 bits per heavy atom. The van der Waals surface area contributed by atoms with Crippen molar-refractivity contribution in [3.63, 3.8) is 0 Å². The first-order valence-electron chi connectivity index (χ1n) is 8.48. The summed E-state index contributed by atoms with van der Waals surface area (Å²) in [5.74, 6) is 0. The molecule has 3 N–H and O–H groups in total. The highest BCUT2D eigenvalue weighted by molar-refractivity contribution is 5.67. The second kappa shape index (κ2) is 8.20. The smallest absolute Gasteiger partial charge is 0.407 e. The number of anilines is 1. The summed E-state index contributed by atoms with van der Waals surface area (Å²) >= 11 is 0. The lowest BCUT2D eigenvalue weighted by molar-refractivity contribution is 0.0527. The summed E-state index contributed by atoms with van der Waals surface area (Å²) in [5.41, 5.74) is 3.60. The summed E-state index contributed by atoms with van der Waals surface area (Å²) in [4.78, 5) is 11.5. The molecule has 0 spiro atoms. The van der Waals surface area contributed by atoms with E-state index in [9.17, 15) is 4.79 Å². The molecule has 0 radical (unpaired) electrons. The Bertz CT molecular complexity index is 523. The van der Waals surface area contributed by atoms with Gasteiger partial charge in [0.1, 0.15) is 5.60 Å². The Morgan fingerprint density at radius 3 is 2.91 bits per heavy atom. The van der Waals surface area contributed by atoms with Crippen LogP contribution in [0.2, 0.25) is 0 Å². The molecular formula is C18H29N3O2. The van der Waals surface area contributed by atoms with Crippen LogP contribution in [0.25, 0.3) is 0 Å². The van der Waals surface area contributed by atoms with Crippen molar-refractivity contribution in [2.75, 3.05) is 25.0 Å². The molecule has 0 aliphatic carbocycles. The molecule has 2 rings (SSSR count). The molecule has 0 atom stereocenters. The van der Waals surface area contributed by atoms with Crippen molar-refractivity contribution in [3.05, 3.63) is 29.3 Å². The van der Waals surface area contributed by atoms with Crippen LogP contribution in [0.4, 0.5) is 10.5 Å². The zero-order chi connectivity index (χ0) is 16.7. The summed E-state index contributed by atoms with van der Waals surface area (Å²) in [6, 6.07) is 6.51. The number of aryl methyl sites for hydroxylation is 1. The molecule has 1 aliphatic rings. The molecule has 0 unspecified atom stereocenters. The van der Waals surface area contributed by atoms with Crippen LogP contribution in [0.1, 0.15) is 44.7 Å². The predicted molar refractivity (Wildman–Crippen MR) is 93.8 cm³/mol. The summed E-state index contributed by atoms with van der Waals surface area (Å²) in [7, 11) is 0. The second-order valence-corrected chi connectivity index (χ2v) is 6.94. The summed E-state index contributed by atoms with van der Waals surface area (Å²) < 4.78 is 5.20. The van der Waals surface area contributed by atoms with Crippen LogP contribution in [0, 0.1) is 0 Å². The highest BCUT2D eigenvalue weighted by atomic mass is 16.6. The van der Waals surface area contributed by atoms with Gasteiger partial charge in [-0.2, -0.15) is 0 Å². The van der Waals surface area contributed by atoms with E-state index in [4.69, 9.17) is 4.74 Å². The van der Waals surface area contributed by atoms with Gasteiger partial charge in [0.2, 0.25) is 0 Å². The quantitative estimate of drug-likeness (QED) is 0.705. The van der Waals surface area contributed by atoms with Gasteiger partial charge >= 0.3 is 6.09 Å². The van der Waals surface area contributed by atoms with E-state index in [1.807, 2.05) is 20.8 Å². The van der Waals surface area contributed by atoms with Crippen molar-refractivity contribution in [2.24, 2.45) is 0 Å². The van der Waals surface area contributed by atoms with Crippen LogP contribution < -0.4 is 16.0 Å². The van der Waals surface area contributed by atoms with Crippen LogP contribution in [0.3, 0.4) is 0 Å². The minimum Gasteiger partial charge on any atom is -0.444 e. The maximum absolute atomic E-state index is 11.5. The second-order valence-electron chi connectivity index (χ2n) is 6.94. The number of amides is 1. The molecule has 128 valence electrons. The van der Waals surface area contributed by atoms with Gasteiger partial charge in [-0.25, -0.2) is 4.79 Å². The minimum atomic E-state index is -0.443. The number of nitrogens with one attached hydrogen (secondary N) is 3. The standard InChI is InChI=1S/C18H29N3O2/c1-18(2,3)23-17(22)21-12-6-10-19-13-15-8-4-7-14-9-5-11-20-16(14)15/h4,7-8,19-20H,5-6,9-13H2,1-3H3,(H,21,22). The number of hydrogen-bond acceptors (Lipinski definition) is 4. The molecule has 0 saturated carbocycles. The van der Waals surface area contributed by atoms with Crippen molar-refractivity contribution in [1.82, 2.24) is 10.6 Å². The molecule has 1 aromatic carbocycles. The molecule has 1 aliphatic heterocycles. The number of alkyl carbamates (subject to hydrolysis) is 1. The summed E-state index contributed by atoms with van der Waals surface area (Å²) in [6.07, 6.45) is 2.90. The van der Waals surface area contributed by atoms with Gasteiger partial charge in [0.05, 0.1) is 0 Å². The Hall–Kier alpha value is -1.75. The Morgan fingerprint density at radius 2 is 2.13 bits per heavy atom. The average molecular weight is 319 g/mol. The van der Waals surface area contributed by atoms with E-state index in [0.717, 1.165) is 32.5 Å². The monoisotopic (exact) mass is 319 g/mol. The van der Waals surface area contributed by atoms with Gasteiger partial charge < -0.3 is 20.7 Å². The molecule has 5 nitrogen and oxygen atoms in total. The van der Waals surface area contributed by atoms with Crippen molar-refractivity contribution in [2.45, 2.75) is 52.2 Å². The third-order valence-electron chi connectivity index (χ3n) is 3.68. The number of benzene rings is 1. The molecule has 0 aromatic heterocycles. The number of rotatable bonds is 6. The Labute approximate surface area is 139 Å². The number of para-hydroxylation sites is 1. The third kappa shape index (κ3) is 6.10. The number of carbonyl (C=O) groups excluding carboxylic acids is 1. The fourth-order valence-electron chi connectivity index (χ4n) is 2.67. The number of hydrogen-bond donors (Lipinski definition) is 3. The van der Waals surface area contributed by atoms with Crippen LogP contribution >= 0.6 is 0 Å². The van der Waals surface area contributed by atoms with E-state index in [1.165, 1.54) is 23.2 Å². The van der Waals surface area contributed by atoms with E-state index in [0.29, 0.717) is 6.54 Å². The van der Waals surface area contributed by atoms with Crippen molar-refractivity contribution in [3.8, 4) is 0 Å². The van der Waals surface area contributed by atoms with E-state index in [-0.39, 0.29) is 6.09 Å². The van der Waals surface area contributed by atoms with Gasteiger partial charge in [0.25, 0.3) is 0 Å². The molecule has 5 heteroatoms. The highest BCUT2D eigenvalue weighted by Crippen LogP contribution is 2.25. The normalized spacial score (nSPS) is 13.9. The van der Waals surface area contributed by atoms with Crippen LogP contribution in [0.15, 0.2) is 18.2 Å². The lowest BCUT2D eigenvalue weighted by atomic mass is 9.99. The summed E-state index contributed by atoms with van der Waals surface area (Å²) in [5, 5.41) is 9.72. The molecule has 1 aromatic rings. The highest BCUT2D eigenvalue weighted by Gasteiger charge is 2.15. The molecular weight excluding hydrogens is 290 g/mol. The number of carbonyl (C=O) groups is 1. The Kier molecular flexibility index (Phi) is 6.28. The molecule has 0 saturated heterocycles. The molecule has 1 amide bonds. The molecule has 1 heterocycles. The van der Waals surface area contributed by atoms with E-state index >= 15 is 0 Å². The first-order chi connectivity index (χ1) is 11.0. The number of ether oxygens (including phenoxy) is 1. The van der Waals surface area contributed by atoms with Gasteiger partial charge in [-0.1, -0.05) is 18.2 Å². The predicted octanol–water partition coefficient (Wildman–Crippen LogP) is 3.05. The van der Waals surface area contributed by atoms with Crippen LogP contribution in [-0.2, 0) is 17.7 Å². The molecule has 0 fully saturated rings. The average Bonchev–Trinajstić information content (AvgIpc) is 2.49. The van der Waals surface area contributed by atoms with Gasteiger partial charge in [-0.05, 0) is 57.7 Å². The molecule has 0 bridgehead atoms. The van der Waals surface area contributed by atoms with Gasteiger partial charge in [-0.15, -0.1) is 0 Å². The van der Waals surface area contributed by atoms with Crippen molar-refractivity contribution in [1.29, 1.82) is 0 Å². The minimum absolute atomic E-state index is 0.348. The lowest BCUT2D eigenvalue weighted by Crippen LogP contribution is -2.33. The van der Waals surface area contributed by atoms with Crippen LogP contribution in [-0.4, -0.2) is 31.3 Å². The third-order valence-corrected chi connectivity index (χ3v) is 3.68. The van der Waals surface area contributed by atoms with Crippen molar-refractivity contribution < 1.29 is 9.53 Å². The van der Waals surface area contributed by atoms with Gasteiger partial charge in [0, 0.05) is 25.3 Å². The zero-order valence-electron chi connectivity index (χ0n) is 14.5. The van der Waals surface area contributed by atoms with E-state index in [2.05, 4.69) is 34.1 Å². The Balaban J connectivity index is 1.64. The first-order valence-corrected chi connectivity index (χ1v) is 8.48. The fraction of sp³-hybridized carbons (Fsp3) is 0.611. The maximum Gasteiger partial charge on any atom is 0.407 e.